The number of para-hydroxylation sites is 1. The second-order valence-electron chi connectivity index (χ2n) is 7.11. The number of nitrogens with one attached hydrogen (secondary N) is 1. The van der Waals surface area contributed by atoms with E-state index in [1.54, 1.807) is 0 Å². The Balaban J connectivity index is 1.49. The standard InChI is InChI=1S/C22H23F3N2O3/c1-2-14-5-3-4-6-18(14)30-13-19(28)26-15-9-11-27(12-10-15)22(29)16-7-8-17(23)21(25)20(16)24/h3-8,15H,2,9-13H2,1H3,(H,26,28). The molecule has 2 aromatic carbocycles. The Hall–Kier alpha value is -3.03. The number of hydrogen-bond acceptors (Lipinski definition) is 3. The molecule has 0 atom stereocenters. The number of halogens is 3. The largest absolute Gasteiger partial charge is 0.483 e. The third kappa shape index (κ3) is 4.93. The van der Waals surface area contributed by atoms with Crippen molar-refractivity contribution in [1.82, 2.24) is 10.2 Å². The molecule has 30 heavy (non-hydrogen) atoms. The molecular formula is C22H23F3N2O3. The zero-order chi connectivity index (χ0) is 21.7. The Kier molecular flexibility index (Phi) is 6.97. The van der Waals surface area contributed by atoms with Crippen molar-refractivity contribution in [2.45, 2.75) is 32.2 Å². The van der Waals surface area contributed by atoms with Gasteiger partial charge in [-0.15, -0.1) is 0 Å². The van der Waals surface area contributed by atoms with Crippen LogP contribution in [0.1, 0.15) is 35.7 Å². The highest BCUT2D eigenvalue weighted by molar-refractivity contribution is 5.94. The van der Waals surface area contributed by atoms with Crippen molar-refractivity contribution in [2.75, 3.05) is 19.7 Å². The first-order valence-corrected chi connectivity index (χ1v) is 9.83. The lowest BCUT2D eigenvalue weighted by Gasteiger charge is -2.32. The van der Waals surface area contributed by atoms with Gasteiger partial charge in [0.05, 0.1) is 5.56 Å². The second kappa shape index (κ2) is 9.65. The van der Waals surface area contributed by atoms with Crippen LogP contribution in [-0.4, -0.2) is 42.5 Å². The van der Waals surface area contributed by atoms with Crippen molar-refractivity contribution in [3.05, 3.63) is 65.0 Å². The average Bonchev–Trinajstić information content (AvgIpc) is 2.76. The predicted octanol–water partition coefficient (Wildman–Crippen LogP) is 3.47. The summed E-state index contributed by atoms with van der Waals surface area (Å²) in [5, 5.41) is 2.87. The van der Waals surface area contributed by atoms with E-state index in [9.17, 15) is 22.8 Å². The van der Waals surface area contributed by atoms with Gasteiger partial charge in [-0.1, -0.05) is 25.1 Å². The fourth-order valence-corrected chi connectivity index (χ4v) is 3.44. The summed E-state index contributed by atoms with van der Waals surface area (Å²) in [6, 6.07) is 9.03. The smallest absolute Gasteiger partial charge is 0.258 e. The highest BCUT2D eigenvalue weighted by atomic mass is 19.2. The van der Waals surface area contributed by atoms with Crippen LogP contribution in [0.3, 0.4) is 0 Å². The van der Waals surface area contributed by atoms with Crippen molar-refractivity contribution in [3.63, 3.8) is 0 Å². The number of aryl methyl sites for hydroxylation is 1. The molecule has 1 aliphatic heterocycles. The third-order valence-corrected chi connectivity index (χ3v) is 5.13. The zero-order valence-corrected chi connectivity index (χ0v) is 16.6. The Labute approximate surface area is 172 Å². The fourth-order valence-electron chi connectivity index (χ4n) is 3.44. The van der Waals surface area contributed by atoms with Gasteiger partial charge < -0.3 is 15.0 Å². The van der Waals surface area contributed by atoms with E-state index in [1.807, 2.05) is 31.2 Å². The number of hydrogen-bond donors (Lipinski definition) is 1. The van der Waals surface area contributed by atoms with Gasteiger partial charge in [-0.05, 0) is 43.0 Å². The van der Waals surface area contributed by atoms with Crippen molar-refractivity contribution in [1.29, 1.82) is 0 Å². The molecule has 1 heterocycles. The number of amides is 2. The molecule has 5 nitrogen and oxygen atoms in total. The molecule has 160 valence electrons. The molecule has 0 unspecified atom stereocenters. The van der Waals surface area contributed by atoms with Crippen LogP contribution in [0.25, 0.3) is 0 Å². The predicted molar refractivity (Wildman–Crippen MR) is 105 cm³/mol. The molecule has 1 N–H and O–H groups in total. The van der Waals surface area contributed by atoms with E-state index in [-0.39, 0.29) is 31.6 Å². The summed E-state index contributed by atoms with van der Waals surface area (Å²) in [5.74, 6) is -4.78. The van der Waals surface area contributed by atoms with Gasteiger partial charge in [-0.3, -0.25) is 9.59 Å². The molecule has 0 spiro atoms. The maximum Gasteiger partial charge on any atom is 0.258 e. The maximum atomic E-state index is 13.9. The molecule has 1 saturated heterocycles. The van der Waals surface area contributed by atoms with Gasteiger partial charge in [-0.25, -0.2) is 13.2 Å². The minimum atomic E-state index is -1.66. The Morgan fingerprint density at radius 2 is 1.77 bits per heavy atom. The van der Waals surface area contributed by atoms with E-state index in [0.717, 1.165) is 24.1 Å². The molecule has 0 saturated carbocycles. The quantitative estimate of drug-likeness (QED) is 0.729. The first kappa shape index (κ1) is 21.7. The van der Waals surface area contributed by atoms with Crippen LogP contribution in [0.2, 0.25) is 0 Å². The van der Waals surface area contributed by atoms with Crippen molar-refractivity contribution >= 4 is 11.8 Å². The molecule has 0 radical (unpaired) electrons. The number of benzene rings is 2. The van der Waals surface area contributed by atoms with E-state index in [2.05, 4.69) is 5.32 Å². The number of likely N-dealkylation sites (tertiary alicyclic amines) is 1. The number of ether oxygens (including phenoxy) is 1. The number of piperidine rings is 1. The Morgan fingerprint density at radius 1 is 1.07 bits per heavy atom. The van der Waals surface area contributed by atoms with E-state index < -0.39 is 28.9 Å². The highest BCUT2D eigenvalue weighted by Crippen LogP contribution is 2.20. The second-order valence-corrected chi connectivity index (χ2v) is 7.11. The van der Waals surface area contributed by atoms with Crippen LogP contribution in [0.15, 0.2) is 36.4 Å². The molecule has 2 amide bonds. The number of carbonyl (C=O) groups excluding carboxylic acids is 2. The van der Waals surface area contributed by atoms with Gasteiger partial charge in [0, 0.05) is 19.1 Å². The average molecular weight is 420 g/mol. The van der Waals surface area contributed by atoms with Crippen molar-refractivity contribution < 1.29 is 27.5 Å². The molecule has 0 bridgehead atoms. The van der Waals surface area contributed by atoms with Gasteiger partial charge in [0.2, 0.25) is 0 Å². The van der Waals surface area contributed by atoms with Crippen LogP contribution in [-0.2, 0) is 11.2 Å². The summed E-state index contributed by atoms with van der Waals surface area (Å²) >= 11 is 0. The molecular weight excluding hydrogens is 397 g/mol. The minimum Gasteiger partial charge on any atom is -0.483 e. The van der Waals surface area contributed by atoms with Crippen LogP contribution in [0.5, 0.6) is 5.75 Å². The van der Waals surface area contributed by atoms with Crippen LogP contribution >= 0.6 is 0 Å². The SMILES string of the molecule is CCc1ccccc1OCC(=O)NC1CCN(C(=O)c2ccc(F)c(F)c2F)CC1. The van der Waals surface area contributed by atoms with E-state index in [4.69, 9.17) is 4.74 Å². The van der Waals surface area contributed by atoms with Crippen molar-refractivity contribution in [3.8, 4) is 5.75 Å². The van der Waals surface area contributed by atoms with Gasteiger partial charge in [0.15, 0.2) is 24.1 Å². The Morgan fingerprint density at radius 3 is 2.47 bits per heavy atom. The lowest BCUT2D eigenvalue weighted by Crippen LogP contribution is -2.47. The van der Waals surface area contributed by atoms with Gasteiger partial charge in [-0.2, -0.15) is 0 Å². The number of nitrogens with zero attached hydrogens (tertiary/aromatic N) is 1. The molecule has 0 aromatic heterocycles. The molecule has 8 heteroatoms. The monoisotopic (exact) mass is 420 g/mol. The fraction of sp³-hybridized carbons (Fsp3) is 0.364. The summed E-state index contributed by atoms with van der Waals surface area (Å²) in [6.45, 7) is 2.42. The van der Waals surface area contributed by atoms with Crippen LogP contribution in [0, 0.1) is 17.5 Å². The van der Waals surface area contributed by atoms with Gasteiger partial charge in [0.1, 0.15) is 5.75 Å². The number of rotatable bonds is 6. The minimum absolute atomic E-state index is 0.115. The zero-order valence-electron chi connectivity index (χ0n) is 16.6. The maximum absolute atomic E-state index is 13.9. The first-order valence-electron chi connectivity index (χ1n) is 9.83. The summed E-state index contributed by atoms with van der Waals surface area (Å²) < 4.78 is 45.9. The molecule has 0 aliphatic carbocycles. The lowest BCUT2D eigenvalue weighted by molar-refractivity contribution is -0.124. The topological polar surface area (TPSA) is 58.6 Å². The summed E-state index contributed by atoms with van der Waals surface area (Å²) in [6.07, 6.45) is 1.73. The third-order valence-electron chi connectivity index (χ3n) is 5.13. The Bertz CT molecular complexity index is 928. The van der Waals surface area contributed by atoms with E-state index in [0.29, 0.717) is 18.6 Å². The van der Waals surface area contributed by atoms with Crippen molar-refractivity contribution in [2.24, 2.45) is 0 Å². The molecule has 1 aliphatic rings. The summed E-state index contributed by atoms with van der Waals surface area (Å²) in [4.78, 5) is 26.0. The molecule has 3 rings (SSSR count). The lowest BCUT2D eigenvalue weighted by atomic mass is 10.0. The highest BCUT2D eigenvalue weighted by Gasteiger charge is 2.27. The molecule has 1 fully saturated rings. The van der Waals surface area contributed by atoms with Crippen LogP contribution in [0.4, 0.5) is 13.2 Å². The van der Waals surface area contributed by atoms with Gasteiger partial charge in [0.25, 0.3) is 11.8 Å². The summed E-state index contributed by atoms with van der Waals surface area (Å²) in [5.41, 5.74) is 0.515. The normalized spacial score (nSPS) is 14.5. The van der Waals surface area contributed by atoms with Crippen LogP contribution < -0.4 is 10.1 Å². The number of carbonyl (C=O) groups is 2. The van der Waals surface area contributed by atoms with E-state index in [1.165, 1.54) is 4.90 Å². The molecule has 2 aromatic rings. The summed E-state index contributed by atoms with van der Waals surface area (Å²) in [7, 11) is 0. The van der Waals surface area contributed by atoms with E-state index >= 15 is 0 Å². The van der Waals surface area contributed by atoms with Gasteiger partial charge >= 0.3 is 0 Å². The first-order chi connectivity index (χ1) is 14.4.